The smallest absolute Gasteiger partial charge is 0.414 e. The van der Waals surface area contributed by atoms with Crippen LogP contribution in [0, 0.1) is 0 Å². The molecule has 20 heavy (non-hydrogen) atoms. The van der Waals surface area contributed by atoms with Crippen molar-refractivity contribution in [3.8, 4) is 11.4 Å². The quantitative estimate of drug-likeness (QED) is 0.805. The zero-order valence-corrected chi connectivity index (χ0v) is 13.2. The molecule has 0 aliphatic carbocycles. The van der Waals surface area contributed by atoms with E-state index in [-0.39, 0.29) is 5.75 Å². The Kier molecular flexibility index (Phi) is 5.16. The summed E-state index contributed by atoms with van der Waals surface area (Å²) in [4.78, 5) is 9.66. The number of benzene rings is 1. The largest absolute Gasteiger partial charge is 0.437 e. The van der Waals surface area contributed by atoms with Crippen LogP contribution in [-0.4, -0.2) is 20.4 Å². The van der Waals surface area contributed by atoms with Gasteiger partial charge in [0.05, 0.1) is 18.1 Å². The predicted octanol–water partition coefficient (Wildman–Crippen LogP) is 4.15. The van der Waals surface area contributed by atoms with E-state index in [0.29, 0.717) is 10.8 Å². The second kappa shape index (κ2) is 6.68. The van der Waals surface area contributed by atoms with E-state index < -0.39 is 6.80 Å². The van der Waals surface area contributed by atoms with Gasteiger partial charge in [-0.1, -0.05) is 18.5 Å². The molecule has 8 heteroatoms. The minimum Gasteiger partial charge on any atom is -0.414 e. The molecule has 0 amide bonds. The first-order valence-electron chi connectivity index (χ1n) is 5.98. The summed E-state index contributed by atoms with van der Waals surface area (Å²) in [5.74, 6) is 0.827. The van der Waals surface area contributed by atoms with Gasteiger partial charge >= 0.3 is 6.80 Å². The summed E-state index contributed by atoms with van der Waals surface area (Å²) in [7, 11) is 0. The molecular weight excluding hydrogens is 319 g/mol. The van der Waals surface area contributed by atoms with Crippen molar-refractivity contribution >= 4 is 29.8 Å². The van der Waals surface area contributed by atoms with Gasteiger partial charge < -0.3 is 9.42 Å². The topological polar surface area (TPSA) is 64.3 Å². The van der Waals surface area contributed by atoms with Crippen LogP contribution in [0.3, 0.4) is 0 Å². The van der Waals surface area contributed by atoms with Gasteiger partial charge in [-0.3, -0.25) is 0 Å². The Hall–Kier alpha value is -0.940. The third-order valence-corrected chi connectivity index (χ3v) is 5.69. The van der Waals surface area contributed by atoms with Gasteiger partial charge in [-0.05, 0) is 42.1 Å². The molecule has 0 spiro atoms. The molecule has 2 aromatic rings. The average Bonchev–Trinajstić information content (AvgIpc) is 2.85. The van der Waals surface area contributed by atoms with E-state index in [4.69, 9.17) is 16.1 Å². The zero-order valence-electron chi connectivity index (χ0n) is 10.8. The fourth-order valence-electron chi connectivity index (χ4n) is 1.45. The molecule has 0 aliphatic rings. The van der Waals surface area contributed by atoms with E-state index in [2.05, 4.69) is 5.10 Å². The first-order valence-corrected chi connectivity index (χ1v) is 9.52. The number of hydrogen-bond acceptors (Lipinski definition) is 4. The average molecular weight is 333 g/mol. The highest BCUT2D eigenvalue weighted by Crippen LogP contribution is 2.55. The zero-order chi connectivity index (χ0) is 14.6. The maximum absolute atomic E-state index is 11.8. The number of aromatic nitrogens is 2. The second-order valence-corrected chi connectivity index (χ2v) is 8.37. The van der Waals surface area contributed by atoms with Gasteiger partial charge in [0.2, 0.25) is 0 Å². The van der Waals surface area contributed by atoms with Crippen molar-refractivity contribution in [2.45, 2.75) is 13.3 Å². The molecule has 0 bridgehead atoms. The van der Waals surface area contributed by atoms with E-state index in [1.165, 1.54) is 6.20 Å². The fraction of sp³-hybridized carbons (Fsp3) is 0.250. The summed E-state index contributed by atoms with van der Waals surface area (Å²) in [5.41, 5.74) is 0.790. The van der Waals surface area contributed by atoms with Crippen molar-refractivity contribution in [2.24, 2.45) is 0 Å². The van der Waals surface area contributed by atoms with Gasteiger partial charge in [-0.15, -0.1) is 0 Å². The fourth-order valence-corrected chi connectivity index (χ4v) is 4.06. The number of hydrogen-bond donors (Lipinski definition) is 1. The molecule has 108 valence electrons. The first kappa shape index (κ1) is 15.4. The monoisotopic (exact) mass is 332 g/mol. The Balaban J connectivity index is 2.09. The molecule has 1 atom stereocenters. The van der Waals surface area contributed by atoms with Crippen molar-refractivity contribution in [3.63, 3.8) is 0 Å². The van der Waals surface area contributed by atoms with Crippen LogP contribution >= 0.6 is 29.8 Å². The lowest BCUT2D eigenvalue weighted by molar-refractivity contribution is 0.402. The van der Waals surface area contributed by atoms with Crippen LogP contribution in [0.15, 0.2) is 36.7 Å². The van der Waals surface area contributed by atoms with Crippen molar-refractivity contribution in [2.75, 3.05) is 5.75 Å². The summed E-state index contributed by atoms with van der Waals surface area (Å²) in [6.07, 6.45) is 3.77. The van der Waals surface area contributed by atoms with Gasteiger partial charge in [0.15, 0.2) is 5.75 Å². The molecule has 2 rings (SSSR count). The lowest BCUT2D eigenvalue weighted by atomic mass is 10.3. The van der Waals surface area contributed by atoms with Crippen molar-refractivity contribution in [1.29, 1.82) is 0 Å². The molecule has 1 N–H and O–H groups in total. The maximum Gasteiger partial charge on any atom is 0.437 e. The molecule has 0 fully saturated rings. The van der Waals surface area contributed by atoms with E-state index in [9.17, 15) is 9.46 Å². The molecule has 1 aromatic heterocycles. The summed E-state index contributed by atoms with van der Waals surface area (Å²) in [5, 5.41) is 4.72. The highest BCUT2D eigenvalue weighted by molar-refractivity contribution is 8.54. The van der Waals surface area contributed by atoms with E-state index in [1.807, 2.05) is 6.92 Å². The Morgan fingerprint density at radius 1 is 1.45 bits per heavy atom. The van der Waals surface area contributed by atoms with Crippen LogP contribution in [0.1, 0.15) is 13.3 Å². The summed E-state index contributed by atoms with van der Waals surface area (Å²) in [6, 6.07) is 7.08. The Morgan fingerprint density at radius 3 is 2.80 bits per heavy atom. The summed E-state index contributed by atoms with van der Waals surface area (Å²) < 4.78 is 18.4. The third kappa shape index (κ3) is 4.28. The lowest BCUT2D eigenvalue weighted by Crippen LogP contribution is -1.93. The van der Waals surface area contributed by atoms with Crippen LogP contribution in [0.25, 0.3) is 5.69 Å². The molecule has 1 heterocycles. The molecule has 0 saturated heterocycles. The maximum atomic E-state index is 11.8. The van der Waals surface area contributed by atoms with Crippen LogP contribution in [0.4, 0.5) is 0 Å². The van der Waals surface area contributed by atoms with Crippen molar-refractivity contribution in [3.05, 3.63) is 41.7 Å². The molecule has 1 unspecified atom stereocenters. The van der Waals surface area contributed by atoms with Crippen LogP contribution in [-0.2, 0) is 4.57 Å². The Bertz CT molecular complexity index is 617. The first-order chi connectivity index (χ1) is 9.50. The van der Waals surface area contributed by atoms with Crippen LogP contribution < -0.4 is 4.52 Å². The minimum absolute atomic E-state index is 0.259. The van der Waals surface area contributed by atoms with Gasteiger partial charge in [-0.25, -0.2) is 9.25 Å². The van der Waals surface area contributed by atoms with Crippen LogP contribution in [0.5, 0.6) is 5.75 Å². The minimum atomic E-state index is -3.67. The van der Waals surface area contributed by atoms with Crippen LogP contribution in [0.2, 0.25) is 5.02 Å². The SMILES string of the molecule is CCCSP(=O)(O)Oc1cnn(-c2ccc(Cl)cc2)c1. The van der Waals surface area contributed by atoms with Gasteiger partial charge in [0.1, 0.15) is 0 Å². The van der Waals surface area contributed by atoms with Gasteiger partial charge in [0, 0.05) is 10.8 Å². The highest BCUT2D eigenvalue weighted by atomic mass is 35.5. The second-order valence-electron chi connectivity index (χ2n) is 3.99. The molecule has 0 aliphatic heterocycles. The standard InChI is InChI=1S/C12H14ClN2O3PS/c1-2-7-20-19(16,17)18-12-8-14-15(9-12)11-5-3-10(13)4-6-11/h3-6,8-9H,2,7H2,1H3,(H,16,17). The molecule has 0 saturated carbocycles. The number of nitrogens with zero attached hydrogens (tertiary/aromatic N) is 2. The number of rotatable bonds is 6. The summed E-state index contributed by atoms with van der Waals surface area (Å²) in [6.45, 7) is -1.74. The van der Waals surface area contributed by atoms with E-state index >= 15 is 0 Å². The number of halogens is 1. The van der Waals surface area contributed by atoms with Gasteiger partial charge in [0.25, 0.3) is 0 Å². The normalized spacial score (nSPS) is 13.9. The lowest BCUT2D eigenvalue weighted by Gasteiger charge is -2.09. The van der Waals surface area contributed by atoms with Crippen molar-refractivity contribution in [1.82, 2.24) is 9.78 Å². The molecule has 5 nitrogen and oxygen atoms in total. The Morgan fingerprint density at radius 2 is 2.15 bits per heavy atom. The van der Waals surface area contributed by atoms with Crippen molar-refractivity contribution < 1.29 is 14.0 Å². The molecule has 0 radical (unpaired) electrons. The highest BCUT2D eigenvalue weighted by Gasteiger charge is 2.22. The third-order valence-electron chi connectivity index (χ3n) is 2.33. The van der Waals surface area contributed by atoms with E-state index in [0.717, 1.165) is 23.5 Å². The van der Waals surface area contributed by atoms with E-state index in [1.54, 1.807) is 35.1 Å². The molecular formula is C12H14ClN2O3PS. The summed E-state index contributed by atoms with van der Waals surface area (Å²) >= 11 is 6.73. The predicted molar refractivity (Wildman–Crippen MR) is 81.8 cm³/mol. The van der Waals surface area contributed by atoms with Gasteiger partial charge in [-0.2, -0.15) is 5.10 Å². The molecule has 1 aromatic carbocycles. The Labute approximate surface area is 126 Å².